The van der Waals surface area contributed by atoms with E-state index >= 15 is 0 Å². The second kappa shape index (κ2) is 3.15. The summed E-state index contributed by atoms with van der Waals surface area (Å²) < 4.78 is 1.07. The van der Waals surface area contributed by atoms with Crippen molar-refractivity contribution in [1.82, 2.24) is 4.90 Å². The molecule has 0 amide bonds. The Hall–Kier alpha value is 0.102. The predicted octanol–water partition coefficient (Wildman–Crippen LogP) is 0.411. The number of nitrogens with zero attached hydrogens (tertiary/aromatic N) is 1. The summed E-state index contributed by atoms with van der Waals surface area (Å²) in [5.41, 5.74) is 0. The molecule has 1 nitrogen and oxygen atoms in total. The topological polar surface area (TPSA) is 3.24 Å². The van der Waals surface area contributed by atoms with Gasteiger partial charge in [-0.3, -0.25) is 0 Å². The quantitative estimate of drug-likeness (QED) is 0.530. The van der Waals surface area contributed by atoms with E-state index in [1.54, 1.807) is 6.08 Å². The Balaban J connectivity index is 3.56. The Morgan fingerprint density at radius 1 is 1.71 bits per heavy atom. The Morgan fingerprint density at radius 3 is 2.14 bits per heavy atom. The number of rotatable bonds is 2. The van der Waals surface area contributed by atoms with Gasteiger partial charge in [-0.15, -0.1) is 0 Å². The molecule has 0 bridgehead atoms. The van der Waals surface area contributed by atoms with Gasteiger partial charge in [-0.25, -0.2) is 0 Å². The molecule has 0 aliphatic heterocycles. The summed E-state index contributed by atoms with van der Waals surface area (Å²) in [6.45, 7) is 3.57. The maximum absolute atomic E-state index is 3.57. The zero-order valence-electron chi connectivity index (χ0n) is 4.64. The first kappa shape index (κ1) is 7.10. The fourth-order valence-electron chi connectivity index (χ4n) is 0.183. The van der Waals surface area contributed by atoms with Crippen LogP contribution in [0.25, 0.3) is 0 Å². The standard InChI is InChI=1S/C5H9N.Cr/c1-4-5-6(2)3;/h4H,1H2,2-3H3;. The molecule has 0 saturated heterocycles. The van der Waals surface area contributed by atoms with Crippen molar-refractivity contribution in [2.45, 2.75) is 0 Å². The van der Waals surface area contributed by atoms with Crippen LogP contribution in [-0.4, -0.2) is 23.5 Å². The van der Waals surface area contributed by atoms with Gasteiger partial charge in [0.2, 0.25) is 0 Å². The number of hydrogen-bond donors (Lipinski definition) is 0. The molecular formula is C5H9CrN. The van der Waals surface area contributed by atoms with Crippen molar-refractivity contribution < 1.29 is 15.9 Å². The van der Waals surface area contributed by atoms with Gasteiger partial charge >= 0.3 is 52.0 Å². The summed E-state index contributed by atoms with van der Waals surface area (Å²) in [6, 6.07) is 0. The number of hydrogen-bond acceptors (Lipinski definition) is 1. The normalized spacial score (nSPS) is 9.00. The van der Waals surface area contributed by atoms with E-state index in [1.807, 2.05) is 19.0 Å². The van der Waals surface area contributed by atoms with Gasteiger partial charge in [-0.1, -0.05) is 0 Å². The molecule has 0 aliphatic carbocycles. The monoisotopic (exact) mass is 135 g/mol. The maximum atomic E-state index is 3.57. The third kappa shape index (κ3) is 2.76. The number of likely N-dealkylation sites (N-methyl/N-ethyl adjacent to an activating group) is 1. The average molecular weight is 135 g/mol. The third-order valence-electron chi connectivity index (χ3n) is 0.615. The predicted molar refractivity (Wildman–Crippen MR) is 28.9 cm³/mol. The molecule has 0 heterocycles. The fourth-order valence-corrected chi connectivity index (χ4v) is 0.183. The van der Waals surface area contributed by atoms with Crippen LogP contribution in [0.15, 0.2) is 12.7 Å². The zero-order chi connectivity index (χ0) is 5.86. The summed E-state index contributed by atoms with van der Waals surface area (Å²) in [4.78, 5) is 1.97. The van der Waals surface area contributed by atoms with Crippen LogP contribution < -0.4 is 0 Å². The van der Waals surface area contributed by atoms with Crippen LogP contribution in [-0.2, 0) is 15.9 Å². The van der Waals surface area contributed by atoms with Crippen molar-refractivity contribution in [1.29, 1.82) is 0 Å². The van der Waals surface area contributed by atoms with Gasteiger partial charge in [0, 0.05) is 0 Å². The molecule has 0 saturated carbocycles. The third-order valence-corrected chi connectivity index (χ3v) is 1.45. The van der Waals surface area contributed by atoms with Gasteiger partial charge in [0.15, 0.2) is 0 Å². The van der Waals surface area contributed by atoms with E-state index in [-0.39, 0.29) is 0 Å². The summed E-state index contributed by atoms with van der Waals surface area (Å²) in [6.07, 6.45) is 1.78. The molecule has 0 fully saturated rings. The van der Waals surface area contributed by atoms with Gasteiger partial charge in [-0.2, -0.15) is 0 Å². The molecule has 0 unspecified atom stereocenters. The SMILES string of the molecule is C=C[C](=[Cr])N(C)C. The fraction of sp³-hybridized carbons (Fsp3) is 0.400. The molecule has 0 aromatic heterocycles. The van der Waals surface area contributed by atoms with Gasteiger partial charge < -0.3 is 0 Å². The Bertz CT molecular complexity index is 86.1. The summed E-state index contributed by atoms with van der Waals surface area (Å²) in [5.74, 6) is 0. The minimum absolute atomic E-state index is 1.07. The summed E-state index contributed by atoms with van der Waals surface area (Å²) in [7, 11) is 3.93. The van der Waals surface area contributed by atoms with Gasteiger partial charge in [-0.05, 0) is 0 Å². The van der Waals surface area contributed by atoms with E-state index in [2.05, 4.69) is 22.4 Å². The molecule has 0 atom stereocenters. The van der Waals surface area contributed by atoms with Gasteiger partial charge in [0.1, 0.15) is 0 Å². The first-order valence-corrected chi connectivity index (χ1v) is 2.66. The first-order valence-electron chi connectivity index (χ1n) is 2.02. The van der Waals surface area contributed by atoms with Gasteiger partial charge in [0.25, 0.3) is 0 Å². The molecular weight excluding hydrogens is 126 g/mol. The molecule has 0 N–H and O–H groups in total. The van der Waals surface area contributed by atoms with Crippen molar-refractivity contribution in [3.63, 3.8) is 0 Å². The van der Waals surface area contributed by atoms with Crippen LogP contribution in [0, 0.1) is 0 Å². The summed E-state index contributed by atoms with van der Waals surface area (Å²) >= 11 is 2.85. The molecule has 0 rings (SSSR count). The average Bonchev–Trinajstić information content (AvgIpc) is 1.65. The molecule has 7 heavy (non-hydrogen) atoms. The molecule has 0 radical (unpaired) electrons. The second-order valence-electron chi connectivity index (χ2n) is 1.44. The zero-order valence-corrected chi connectivity index (χ0v) is 5.91. The van der Waals surface area contributed by atoms with E-state index < -0.39 is 0 Å². The second-order valence-corrected chi connectivity index (χ2v) is 2.09. The van der Waals surface area contributed by atoms with E-state index in [0.717, 1.165) is 4.50 Å². The van der Waals surface area contributed by atoms with Crippen molar-refractivity contribution in [3.8, 4) is 0 Å². The Labute approximate surface area is 52.6 Å². The molecule has 40 valence electrons. The van der Waals surface area contributed by atoms with Crippen molar-refractivity contribution in [2.75, 3.05) is 14.1 Å². The molecule has 0 aromatic carbocycles. The van der Waals surface area contributed by atoms with E-state index in [9.17, 15) is 0 Å². The van der Waals surface area contributed by atoms with E-state index in [1.165, 1.54) is 0 Å². The molecule has 0 spiro atoms. The van der Waals surface area contributed by atoms with Crippen LogP contribution >= 0.6 is 0 Å². The van der Waals surface area contributed by atoms with Crippen LogP contribution in [0.4, 0.5) is 0 Å². The molecule has 0 aliphatic rings. The van der Waals surface area contributed by atoms with Crippen molar-refractivity contribution in [3.05, 3.63) is 12.7 Å². The van der Waals surface area contributed by atoms with Crippen molar-refractivity contribution in [2.24, 2.45) is 0 Å². The Morgan fingerprint density at radius 2 is 2.14 bits per heavy atom. The molecule has 2 heteroatoms. The van der Waals surface area contributed by atoms with Crippen LogP contribution in [0.3, 0.4) is 0 Å². The van der Waals surface area contributed by atoms with Gasteiger partial charge in [0.05, 0.1) is 0 Å². The van der Waals surface area contributed by atoms with Crippen LogP contribution in [0.1, 0.15) is 0 Å². The first-order chi connectivity index (χ1) is 3.18. The van der Waals surface area contributed by atoms with Crippen LogP contribution in [0.5, 0.6) is 0 Å². The Kier molecular flexibility index (Phi) is 3.20. The van der Waals surface area contributed by atoms with Crippen LogP contribution in [0.2, 0.25) is 0 Å². The van der Waals surface area contributed by atoms with E-state index in [0.29, 0.717) is 0 Å². The minimum atomic E-state index is 1.07. The summed E-state index contributed by atoms with van der Waals surface area (Å²) in [5, 5.41) is 0. The van der Waals surface area contributed by atoms with E-state index in [4.69, 9.17) is 0 Å². The molecule has 0 aromatic rings. The van der Waals surface area contributed by atoms with Crippen molar-refractivity contribution >= 4 is 4.50 Å².